The molecule has 22 heavy (non-hydrogen) atoms. The third-order valence-electron chi connectivity index (χ3n) is 5.27. The van der Waals surface area contributed by atoms with Crippen molar-refractivity contribution in [2.75, 3.05) is 31.2 Å². The fourth-order valence-corrected chi connectivity index (χ4v) is 5.47. The highest BCUT2D eigenvalue weighted by atomic mass is 32.2. The summed E-state index contributed by atoms with van der Waals surface area (Å²) in [6, 6.07) is 0. The number of piperidine rings is 1. The van der Waals surface area contributed by atoms with Gasteiger partial charge in [0.05, 0.1) is 18.1 Å². The summed E-state index contributed by atoms with van der Waals surface area (Å²) in [5.74, 6) is 0.786. The third-order valence-corrected chi connectivity index (χ3v) is 6.98. The third kappa shape index (κ3) is 4.44. The van der Waals surface area contributed by atoms with E-state index < -0.39 is 9.84 Å². The average Bonchev–Trinajstić information content (AvgIpc) is 2.50. The lowest BCUT2D eigenvalue weighted by atomic mass is 9.77. The zero-order valence-corrected chi connectivity index (χ0v) is 14.4. The van der Waals surface area contributed by atoms with E-state index in [1.165, 1.54) is 0 Å². The van der Waals surface area contributed by atoms with Crippen LogP contribution in [-0.2, 0) is 14.6 Å². The molecule has 1 N–H and O–H groups in total. The van der Waals surface area contributed by atoms with Gasteiger partial charge in [0.25, 0.3) is 0 Å². The van der Waals surface area contributed by atoms with E-state index in [1.54, 1.807) is 0 Å². The van der Waals surface area contributed by atoms with Gasteiger partial charge < -0.3 is 10.0 Å². The van der Waals surface area contributed by atoms with Crippen molar-refractivity contribution in [3.8, 4) is 0 Å². The van der Waals surface area contributed by atoms with Crippen LogP contribution in [-0.4, -0.2) is 55.5 Å². The fraction of sp³-hybridized carbons (Fsp3) is 0.938. The van der Waals surface area contributed by atoms with E-state index in [4.69, 9.17) is 0 Å². The number of hydrogen-bond acceptors (Lipinski definition) is 4. The summed E-state index contributed by atoms with van der Waals surface area (Å²) >= 11 is 0. The Morgan fingerprint density at radius 2 is 2.00 bits per heavy atom. The molecule has 0 aromatic rings. The minimum Gasteiger partial charge on any atom is -0.396 e. The number of aliphatic hydroxyl groups is 1. The van der Waals surface area contributed by atoms with Crippen LogP contribution in [0.4, 0.5) is 0 Å². The van der Waals surface area contributed by atoms with Crippen LogP contribution in [0.3, 0.4) is 0 Å². The van der Waals surface area contributed by atoms with Crippen LogP contribution in [0.1, 0.15) is 51.9 Å². The predicted octanol–water partition coefficient (Wildman–Crippen LogP) is 1.60. The molecule has 0 aromatic heterocycles. The van der Waals surface area contributed by atoms with E-state index in [9.17, 15) is 18.3 Å². The number of nitrogens with zero attached hydrogens (tertiary/aromatic N) is 1. The normalized spacial score (nSPS) is 29.5. The summed E-state index contributed by atoms with van der Waals surface area (Å²) in [6.45, 7) is 3.68. The monoisotopic (exact) mass is 331 g/mol. The largest absolute Gasteiger partial charge is 0.396 e. The minimum atomic E-state index is -2.86. The van der Waals surface area contributed by atoms with Crippen LogP contribution < -0.4 is 0 Å². The highest BCUT2D eigenvalue weighted by Crippen LogP contribution is 2.35. The topological polar surface area (TPSA) is 74.7 Å². The Balaban J connectivity index is 1.89. The van der Waals surface area contributed by atoms with Gasteiger partial charge in [0.15, 0.2) is 0 Å². The predicted molar refractivity (Wildman–Crippen MR) is 86.2 cm³/mol. The van der Waals surface area contributed by atoms with E-state index in [2.05, 4.69) is 6.92 Å². The van der Waals surface area contributed by atoms with E-state index in [-0.39, 0.29) is 35.4 Å². The number of aliphatic hydroxyl groups excluding tert-OH is 1. The number of amides is 1. The number of carbonyl (C=O) groups is 1. The van der Waals surface area contributed by atoms with E-state index in [0.717, 1.165) is 32.2 Å². The van der Waals surface area contributed by atoms with E-state index in [0.29, 0.717) is 25.8 Å². The van der Waals surface area contributed by atoms with Crippen molar-refractivity contribution in [1.82, 2.24) is 4.90 Å². The minimum absolute atomic E-state index is 0.126. The highest BCUT2D eigenvalue weighted by molar-refractivity contribution is 7.91. The van der Waals surface area contributed by atoms with Crippen molar-refractivity contribution < 1.29 is 18.3 Å². The molecule has 0 aliphatic carbocycles. The maximum absolute atomic E-state index is 12.5. The van der Waals surface area contributed by atoms with Gasteiger partial charge in [0.1, 0.15) is 9.84 Å². The Bertz CT molecular complexity index is 472. The molecule has 1 amide bonds. The first-order valence-electron chi connectivity index (χ1n) is 8.49. The zero-order chi connectivity index (χ0) is 16.2. The summed E-state index contributed by atoms with van der Waals surface area (Å²) < 4.78 is 22.9. The number of hydrogen-bond donors (Lipinski definition) is 1. The Morgan fingerprint density at radius 1 is 1.32 bits per heavy atom. The van der Waals surface area contributed by atoms with Crippen molar-refractivity contribution in [2.45, 2.75) is 51.9 Å². The highest BCUT2D eigenvalue weighted by Gasteiger charge is 2.36. The SMILES string of the molecule is CCCC1(CO)CCCN(C(=O)CC2CCS(=O)(=O)CC2)C1. The molecule has 2 saturated heterocycles. The van der Waals surface area contributed by atoms with Crippen LogP contribution in [0.15, 0.2) is 0 Å². The second-order valence-corrected chi connectivity index (χ2v) is 9.43. The molecule has 0 saturated carbocycles. The molecule has 0 radical (unpaired) electrons. The summed E-state index contributed by atoms with van der Waals surface area (Å²) in [7, 11) is -2.86. The van der Waals surface area contributed by atoms with Gasteiger partial charge in [-0.1, -0.05) is 13.3 Å². The van der Waals surface area contributed by atoms with Gasteiger partial charge in [-0.25, -0.2) is 8.42 Å². The molecule has 6 heteroatoms. The molecular formula is C16H29NO4S. The molecule has 2 fully saturated rings. The van der Waals surface area contributed by atoms with Gasteiger partial charge in [-0.2, -0.15) is 0 Å². The van der Waals surface area contributed by atoms with Crippen LogP contribution >= 0.6 is 0 Å². The van der Waals surface area contributed by atoms with Gasteiger partial charge in [0, 0.05) is 24.9 Å². The summed E-state index contributed by atoms with van der Waals surface area (Å²) in [5.41, 5.74) is -0.126. The Labute approximate surface area is 134 Å². The zero-order valence-electron chi connectivity index (χ0n) is 13.6. The van der Waals surface area contributed by atoms with Gasteiger partial charge in [0.2, 0.25) is 5.91 Å². The molecule has 2 aliphatic rings. The molecule has 0 spiro atoms. The van der Waals surface area contributed by atoms with Crippen molar-refractivity contribution in [3.63, 3.8) is 0 Å². The first kappa shape index (κ1) is 17.7. The van der Waals surface area contributed by atoms with Gasteiger partial charge in [-0.05, 0) is 38.0 Å². The number of sulfone groups is 1. The first-order chi connectivity index (χ1) is 10.4. The molecule has 0 bridgehead atoms. The number of carbonyl (C=O) groups excluding carboxylic acids is 1. The Kier molecular flexibility index (Phi) is 5.88. The van der Waals surface area contributed by atoms with E-state index >= 15 is 0 Å². The standard InChI is InChI=1S/C16H29NO4S/c1-2-6-16(13-18)7-3-8-17(12-16)15(19)11-14-4-9-22(20,21)10-5-14/h14,18H,2-13H2,1H3. The van der Waals surface area contributed by atoms with Crippen molar-refractivity contribution in [2.24, 2.45) is 11.3 Å². The van der Waals surface area contributed by atoms with Gasteiger partial charge in [-0.3, -0.25) is 4.79 Å². The average molecular weight is 331 g/mol. The van der Waals surface area contributed by atoms with Crippen molar-refractivity contribution in [3.05, 3.63) is 0 Å². The maximum Gasteiger partial charge on any atom is 0.222 e. The van der Waals surface area contributed by atoms with E-state index in [1.807, 2.05) is 4.90 Å². The van der Waals surface area contributed by atoms with Crippen molar-refractivity contribution in [1.29, 1.82) is 0 Å². The quantitative estimate of drug-likeness (QED) is 0.830. The summed E-state index contributed by atoms with van der Waals surface area (Å²) in [6.07, 6.45) is 5.60. The number of likely N-dealkylation sites (tertiary alicyclic amines) is 1. The molecule has 2 rings (SSSR count). The summed E-state index contributed by atoms with van der Waals surface area (Å²) in [4.78, 5) is 14.4. The molecule has 1 atom stereocenters. The molecule has 2 heterocycles. The number of rotatable bonds is 5. The van der Waals surface area contributed by atoms with Crippen molar-refractivity contribution >= 4 is 15.7 Å². The van der Waals surface area contributed by atoms with Gasteiger partial charge in [-0.15, -0.1) is 0 Å². The lowest BCUT2D eigenvalue weighted by molar-refractivity contribution is -0.136. The maximum atomic E-state index is 12.5. The Hall–Kier alpha value is -0.620. The van der Waals surface area contributed by atoms with Gasteiger partial charge >= 0.3 is 0 Å². The molecule has 2 aliphatic heterocycles. The lowest BCUT2D eigenvalue weighted by Gasteiger charge is -2.42. The molecule has 5 nitrogen and oxygen atoms in total. The molecular weight excluding hydrogens is 302 g/mol. The smallest absolute Gasteiger partial charge is 0.222 e. The van der Waals surface area contributed by atoms with Crippen LogP contribution in [0, 0.1) is 11.3 Å². The second kappa shape index (κ2) is 7.30. The Morgan fingerprint density at radius 3 is 2.59 bits per heavy atom. The van der Waals surface area contributed by atoms with Crippen LogP contribution in [0.5, 0.6) is 0 Å². The lowest BCUT2D eigenvalue weighted by Crippen LogP contribution is -2.48. The molecule has 128 valence electrons. The second-order valence-electron chi connectivity index (χ2n) is 7.13. The molecule has 1 unspecified atom stereocenters. The molecule has 0 aromatic carbocycles. The van der Waals surface area contributed by atoms with Crippen LogP contribution in [0.2, 0.25) is 0 Å². The summed E-state index contributed by atoms with van der Waals surface area (Å²) in [5, 5.41) is 9.75. The fourth-order valence-electron chi connectivity index (χ4n) is 3.88. The first-order valence-corrected chi connectivity index (χ1v) is 10.3. The van der Waals surface area contributed by atoms with Crippen LogP contribution in [0.25, 0.3) is 0 Å².